The lowest BCUT2D eigenvalue weighted by molar-refractivity contribution is -0.0914. The summed E-state index contributed by atoms with van der Waals surface area (Å²) in [6.07, 6.45) is 0.344. The zero-order valence-electron chi connectivity index (χ0n) is 23.5. The highest BCUT2D eigenvalue weighted by atomic mass is 19.3. The van der Waals surface area contributed by atoms with Gasteiger partial charge in [0.2, 0.25) is 0 Å². The summed E-state index contributed by atoms with van der Waals surface area (Å²) < 4.78 is 29.5. The van der Waals surface area contributed by atoms with Crippen LogP contribution in [0.15, 0.2) is 59.7 Å². The maximum atomic E-state index is 14.0. The van der Waals surface area contributed by atoms with E-state index in [1.807, 2.05) is 40.5 Å². The fourth-order valence-corrected chi connectivity index (χ4v) is 4.19. The maximum absolute atomic E-state index is 14.0. The van der Waals surface area contributed by atoms with Gasteiger partial charge in [-0.1, -0.05) is 6.07 Å². The molecule has 0 saturated carbocycles. The van der Waals surface area contributed by atoms with Crippen molar-refractivity contribution in [1.82, 2.24) is 29.5 Å². The van der Waals surface area contributed by atoms with Gasteiger partial charge in [-0.05, 0) is 41.6 Å². The monoisotopic (exact) mass is 551 g/mol. The van der Waals surface area contributed by atoms with Crippen molar-refractivity contribution >= 4 is 74.8 Å². The molecule has 0 aliphatic carbocycles. The molecule has 10 nitrogen and oxygen atoms in total. The van der Waals surface area contributed by atoms with Gasteiger partial charge in [0.05, 0.1) is 16.8 Å². The Balaban J connectivity index is 1.72. The third kappa shape index (κ3) is 5.41. The van der Waals surface area contributed by atoms with Crippen molar-refractivity contribution in [3.8, 4) is 16.8 Å². The number of aliphatic hydroxyl groups is 2. The first-order valence-corrected chi connectivity index (χ1v) is 13.0. The van der Waals surface area contributed by atoms with Crippen LogP contribution in [0.1, 0.15) is 12.1 Å². The molecule has 5 aromatic rings. The van der Waals surface area contributed by atoms with Gasteiger partial charge in [0.1, 0.15) is 67.5 Å². The number of rotatable bonds is 7. The summed E-state index contributed by atoms with van der Waals surface area (Å²) >= 11 is 0. The van der Waals surface area contributed by atoms with Crippen LogP contribution in [0.5, 0.6) is 0 Å². The lowest BCUT2D eigenvalue weighted by atomic mass is 9.49. The van der Waals surface area contributed by atoms with E-state index >= 15 is 0 Å². The van der Waals surface area contributed by atoms with Crippen molar-refractivity contribution in [3.05, 3.63) is 70.9 Å². The van der Waals surface area contributed by atoms with Crippen molar-refractivity contribution in [3.63, 3.8) is 0 Å². The van der Waals surface area contributed by atoms with Crippen LogP contribution in [0.4, 0.5) is 14.6 Å². The summed E-state index contributed by atoms with van der Waals surface area (Å²) in [5.41, 5.74) is -0.894. The fraction of sp³-hybridized carbons (Fsp3) is 0.174. The fourth-order valence-electron chi connectivity index (χ4n) is 4.19. The summed E-state index contributed by atoms with van der Waals surface area (Å²) in [4.78, 5) is 22.5. The molecule has 3 N–H and O–H groups in total. The summed E-state index contributed by atoms with van der Waals surface area (Å²) in [5.74, 6) is 0.255. The molecular formula is C23H25B6F2N7O3. The number of aromatic nitrogens is 6. The first-order valence-electron chi connectivity index (χ1n) is 13.0. The zero-order valence-corrected chi connectivity index (χ0v) is 23.5. The number of nitrogens with one attached hydrogen (secondary N) is 1. The van der Waals surface area contributed by atoms with Gasteiger partial charge in [-0.15, -0.1) is 0 Å². The van der Waals surface area contributed by atoms with Crippen molar-refractivity contribution < 1.29 is 19.0 Å². The highest BCUT2D eigenvalue weighted by molar-refractivity contribution is 6.56. The van der Waals surface area contributed by atoms with Crippen LogP contribution in [0, 0.1) is 0 Å². The molecule has 202 valence electrons. The number of anilines is 1. The van der Waals surface area contributed by atoms with E-state index in [1.54, 1.807) is 40.0 Å². The first-order chi connectivity index (χ1) is 19.0. The first kappa shape index (κ1) is 28.6. The van der Waals surface area contributed by atoms with E-state index in [9.17, 15) is 23.8 Å². The van der Waals surface area contributed by atoms with Crippen LogP contribution >= 0.6 is 0 Å². The molecule has 0 bridgehead atoms. The van der Waals surface area contributed by atoms with Crippen molar-refractivity contribution in [2.24, 2.45) is 0 Å². The number of fused-ring (bicyclic) bond motifs is 2. The molecular weight excluding hydrogens is 525 g/mol. The number of nitrogens with zero attached hydrogens (tertiary/aromatic N) is 6. The second-order valence-electron chi connectivity index (χ2n) is 11.7. The molecule has 4 aromatic heterocycles. The summed E-state index contributed by atoms with van der Waals surface area (Å²) in [6.45, 7) is 0. The van der Waals surface area contributed by atoms with Crippen LogP contribution in [0.2, 0.25) is 0 Å². The van der Waals surface area contributed by atoms with Crippen LogP contribution < -0.4 is 10.9 Å². The smallest absolute Gasteiger partial charge is 0.281 e. The number of halogens is 2. The molecule has 18 heteroatoms. The Labute approximate surface area is 239 Å². The third-order valence-corrected chi connectivity index (χ3v) is 7.07. The Morgan fingerprint density at radius 1 is 0.927 bits per heavy atom. The number of hydrogen-bond donors (Lipinski definition) is 3. The Hall–Kier alpha value is -3.90. The molecule has 0 amide bonds. The van der Waals surface area contributed by atoms with Crippen molar-refractivity contribution in [2.45, 2.75) is 22.7 Å². The Morgan fingerprint density at radius 3 is 2.24 bits per heavy atom. The van der Waals surface area contributed by atoms with Crippen LogP contribution in [0.3, 0.4) is 0 Å². The largest absolute Gasteiger partial charge is 0.376 e. The number of hydrogen-bond acceptors (Lipinski definition) is 8. The molecule has 0 aliphatic heterocycles. The van der Waals surface area contributed by atoms with Gasteiger partial charge in [0.25, 0.3) is 12.0 Å². The van der Waals surface area contributed by atoms with Crippen LogP contribution in [-0.2, 0) is 5.24 Å². The lowest BCUT2D eigenvalue weighted by Gasteiger charge is -2.37. The highest BCUT2D eigenvalue weighted by Gasteiger charge is 2.37. The summed E-state index contributed by atoms with van der Waals surface area (Å²) in [7, 11) is 10.5. The maximum Gasteiger partial charge on any atom is 0.281 e. The average Bonchev–Trinajstić information content (AvgIpc) is 3.32. The number of benzene rings is 1. The van der Waals surface area contributed by atoms with Gasteiger partial charge >= 0.3 is 0 Å². The molecule has 0 aliphatic rings. The van der Waals surface area contributed by atoms with Crippen LogP contribution in [-0.4, -0.2) is 97.8 Å². The molecule has 0 atom stereocenters. The molecule has 4 heterocycles. The van der Waals surface area contributed by atoms with E-state index in [4.69, 9.17) is 0 Å². The van der Waals surface area contributed by atoms with Crippen LogP contribution in [0.25, 0.3) is 38.8 Å². The quantitative estimate of drug-likeness (QED) is 0.139. The molecule has 1 aromatic carbocycles. The number of alkyl halides is 2. The molecule has 0 unspecified atom stereocenters. The Bertz CT molecular complexity index is 1840. The van der Waals surface area contributed by atoms with E-state index in [0.717, 1.165) is 17.0 Å². The minimum atomic E-state index is -2.77. The predicted molar refractivity (Wildman–Crippen MR) is 169 cm³/mol. The van der Waals surface area contributed by atoms with Crippen molar-refractivity contribution in [2.75, 3.05) is 5.32 Å². The third-order valence-electron chi connectivity index (χ3n) is 7.07. The van der Waals surface area contributed by atoms with E-state index in [0.29, 0.717) is 11.2 Å². The summed E-state index contributed by atoms with van der Waals surface area (Å²) in [5, 5.41) is 31.9. The molecule has 41 heavy (non-hydrogen) atoms. The highest BCUT2D eigenvalue weighted by Crippen LogP contribution is 2.28. The van der Waals surface area contributed by atoms with E-state index in [-0.39, 0.29) is 27.7 Å². The standard InChI is InChI=1S/C23H25B6F2N7O3/c24-21(25,22(26,40)41)34-16-6-5-14-18(33-16)17(10-1-3-15(19(30)31)32-8-10)20(39)38(36-14)12-2-4-13-11(7-12)9-37(35-13)23(27,28)29/h1-9,19,40-41H,24-29H2,(H,33,34). The van der Waals surface area contributed by atoms with Gasteiger partial charge < -0.3 is 15.5 Å². The Kier molecular flexibility index (Phi) is 6.90. The molecule has 0 spiro atoms. The molecule has 0 radical (unpaired) electrons. The minimum Gasteiger partial charge on any atom is -0.376 e. The Morgan fingerprint density at radius 2 is 1.63 bits per heavy atom. The second-order valence-corrected chi connectivity index (χ2v) is 11.7. The summed E-state index contributed by atoms with van der Waals surface area (Å²) in [6, 6.07) is 11.2. The topological polar surface area (TPSA) is 131 Å². The van der Waals surface area contributed by atoms with E-state index < -0.39 is 28.7 Å². The molecule has 0 fully saturated rings. The second kappa shape index (κ2) is 9.88. The van der Waals surface area contributed by atoms with Gasteiger partial charge in [-0.2, -0.15) is 14.9 Å². The molecule has 0 saturated heterocycles. The van der Waals surface area contributed by atoms with E-state index in [1.165, 1.54) is 24.8 Å². The SMILES string of the molecule is BC(B)(B)n1cc2cc(-n3nc4ccc(NC(B)(B)C(B)(O)O)nc4c(-c4ccc(C(F)F)nc4)c3=O)ccc2n1. The van der Waals surface area contributed by atoms with Gasteiger partial charge in [0, 0.05) is 28.7 Å². The van der Waals surface area contributed by atoms with E-state index in [2.05, 4.69) is 25.5 Å². The minimum absolute atomic E-state index is 0.103. The normalized spacial score (nSPS) is 12.8. The molecule has 5 rings (SSSR count). The predicted octanol–water partition coefficient (Wildman–Crippen LogP) is -3.80. The van der Waals surface area contributed by atoms with Crippen molar-refractivity contribution in [1.29, 1.82) is 0 Å². The van der Waals surface area contributed by atoms with Gasteiger partial charge in [-0.25, -0.2) is 13.8 Å². The average molecular weight is 550 g/mol. The number of pyridine rings is 2. The van der Waals surface area contributed by atoms with Gasteiger partial charge in [0.15, 0.2) is 7.85 Å². The lowest BCUT2D eigenvalue weighted by Crippen LogP contribution is -2.61. The van der Waals surface area contributed by atoms with Gasteiger partial charge in [-0.3, -0.25) is 14.5 Å². The zero-order chi connectivity index (χ0) is 29.9.